The quantitative estimate of drug-likeness (QED) is 0.363. The zero-order chi connectivity index (χ0) is 24.1. The number of nitrogens with zero attached hydrogens (tertiary/aromatic N) is 1. The van der Waals surface area contributed by atoms with Crippen molar-refractivity contribution in [3.05, 3.63) is 65.7 Å². The van der Waals surface area contributed by atoms with Crippen LogP contribution in [0.4, 0.5) is 4.79 Å². The van der Waals surface area contributed by atoms with Gasteiger partial charge in [-0.1, -0.05) is 42.5 Å². The number of hydrogen-bond donors (Lipinski definition) is 4. The number of amides is 3. The topological polar surface area (TPSA) is 150 Å². The number of hydrazine groups is 1. The van der Waals surface area contributed by atoms with Gasteiger partial charge in [0, 0.05) is 6.42 Å². The summed E-state index contributed by atoms with van der Waals surface area (Å²) >= 11 is 0. The van der Waals surface area contributed by atoms with E-state index >= 15 is 0 Å². The largest absolute Gasteiger partial charge is 0.477 e. The van der Waals surface area contributed by atoms with Crippen molar-refractivity contribution in [2.45, 2.75) is 43.2 Å². The van der Waals surface area contributed by atoms with Crippen molar-refractivity contribution in [3.63, 3.8) is 0 Å². The molecule has 0 aromatic heterocycles. The molecule has 33 heavy (non-hydrogen) atoms. The van der Waals surface area contributed by atoms with Crippen LogP contribution in [0.2, 0.25) is 0 Å². The average Bonchev–Trinajstić information content (AvgIpc) is 2.83. The fourth-order valence-electron chi connectivity index (χ4n) is 3.98. The third kappa shape index (κ3) is 4.90. The maximum Gasteiger partial charge on any atom is 0.451 e. The molecular weight excluding hydrogens is 450 g/mol. The first-order chi connectivity index (χ1) is 15.7. The highest BCUT2D eigenvalue weighted by molar-refractivity contribution is 7.86. The predicted molar refractivity (Wildman–Crippen MR) is 117 cm³/mol. The Bertz CT molecular complexity index is 1120. The lowest BCUT2D eigenvalue weighted by Gasteiger charge is -2.40. The maximum absolute atomic E-state index is 13.6. The van der Waals surface area contributed by atoms with Gasteiger partial charge in [0.15, 0.2) is 0 Å². The number of aliphatic hydroxyl groups is 1. The van der Waals surface area contributed by atoms with E-state index in [2.05, 4.69) is 10.9 Å². The molecule has 0 bridgehead atoms. The lowest BCUT2D eigenvalue weighted by molar-refractivity contribution is -0.749. The number of carbonyl (C=O) groups is 3. The first-order valence-electron chi connectivity index (χ1n) is 10.4. The van der Waals surface area contributed by atoms with Gasteiger partial charge in [-0.3, -0.25) is 10.2 Å². The zero-order valence-electron chi connectivity index (χ0n) is 17.8. The highest BCUT2D eigenvalue weighted by Crippen LogP contribution is 2.35. The number of hydrogen-bond acceptors (Lipinski definition) is 6. The highest BCUT2D eigenvalue weighted by atomic mass is 32.2. The SMILES string of the molecule is O=C(Cc1ccc(CO)cc1)NNC(=O)[N@+]1(S(=O)(=O)c2ccccc2)CCCCC1C(=O)O. The van der Waals surface area contributed by atoms with Crippen LogP contribution in [0.5, 0.6) is 0 Å². The molecule has 1 saturated heterocycles. The normalized spacial score (nSPS) is 20.6. The summed E-state index contributed by atoms with van der Waals surface area (Å²) in [6.45, 7) is -0.373. The van der Waals surface area contributed by atoms with E-state index in [4.69, 9.17) is 5.11 Å². The second kappa shape index (κ2) is 10.1. The molecule has 0 radical (unpaired) electrons. The van der Waals surface area contributed by atoms with Crippen molar-refractivity contribution < 1.29 is 36.9 Å². The second-order valence-electron chi connectivity index (χ2n) is 7.79. The smallest absolute Gasteiger partial charge is 0.451 e. The minimum Gasteiger partial charge on any atom is -0.477 e. The van der Waals surface area contributed by atoms with Crippen molar-refractivity contribution in [1.29, 1.82) is 0 Å². The standard InChI is InChI=1S/C22H25N3O7S/c26-15-17-11-9-16(10-12-17)14-20(27)23-24-22(30)25(13-5-4-8-19(25)21(28)29)33(31,32)18-6-2-1-3-7-18/h1-3,6-7,9-12,19,26H,4-5,8,13-15H2,(H2-,23,24,27,28,29,30)/p+1/t19?,25-/m0/s1. The molecule has 1 aliphatic heterocycles. The molecule has 2 atom stereocenters. The number of quaternary nitrogens is 1. The van der Waals surface area contributed by atoms with E-state index in [-0.39, 0.29) is 30.9 Å². The summed E-state index contributed by atoms with van der Waals surface area (Å²) in [5.74, 6) is -2.01. The molecule has 1 aliphatic rings. The highest BCUT2D eigenvalue weighted by Gasteiger charge is 2.60. The molecule has 2 aromatic carbocycles. The summed E-state index contributed by atoms with van der Waals surface area (Å²) in [7, 11) is -4.46. The number of aliphatic carboxylic acids is 1. The van der Waals surface area contributed by atoms with Crippen LogP contribution < -0.4 is 10.9 Å². The number of nitrogens with one attached hydrogen (secondary N) is 2. The summed E-state index contributed by atoms with van der Waals surface area (Å²) in [4.78, 5) is 37.5. The van der Waals surface area contributed by atoms with Crippen LogP contribution in [-0.4, -0.2) is 53.0 Å². The van der Waals surface area contributed by atoms with Gasteiger partial charge in [-0.2, -0.15) is 8.42 Å². The number of carboxylic acid groups (broad SMARTS) is 1. The van der Waals surface area contributed by atoms with Gasteiger partial charge in [-0.15, -0.1) is 3.89 Å². The molecule has 1 unspecified atom stereocenters. The summed E-state index contributed by atoms with van der Waals surface area (Å²) in [5, 5.41) is 18.9. The Kier molecular flexibility index (Phi) is 7.46. The van der Waals surface area contributed by atoms with Gasteiger partial charge in [-0.25, -0.2) is 15.0 Å². The first-order valence-corrected chi connectivity index (χ1v) is 11.8. The van der Waals surface area contributed by atoms with Gasteiger partial charge < -0.3 is 10.2 Å². The fourth-order valence-corrected chi connectivity index (χ4v) is 6.02. The monoisotopic (exact) mass is 476 g/mol. The van der Waals surface area contributed by atoms with E-state index in [1.54, 1.807) is 30.3 Å². The second-order valence-corrected chi connectivity index (χ2v) is 9.86. The number of carbonyl (C=O) groups excluding carboxylic acids is 2. The van der Waals surface area contributed by atoms with Crippen molar-refractivity contribution in [2.24, 2.45) is 0 Å². The van der Waals surface area contributed by atoms with Crippen LogP contribution in [-0.2, 0) is 32.6 Å². The summed E-state index contributed by atoms with van der Waals surface area (Å²) in [6.07, 6.45) is 0.679. The Labute approximate surface area is 191 Å². The molecule has 10 nitrogen and oxygen atoms in total. The molecule has 11 heteroatoms. The summed E-state index contributed by atoms with van der Waals surface area (Å²) in [5.41, 5.74) is 5.64. The Balaban J connectivity index is 1.85. The molecule has 3 rings (SSSR count). The molecule has 176 valence electrons. The van der Waals surface area contributed by atoms with Crippen LogP contribution >= 0.6 is 0 Å². The minimum absolute atomic E-state index is 0.0000306. The average molecular weight is 477 g/mol. The van der Waals surface area contributed by atoms with Gasteiger partial charge in [0.2, 0.25) is 11.9 Å². The Hall–Kier alpha value is -3.28. The first kappa shape index (κ1) is 24.4. The van der Waals surface area contributed by atoms with Crippen molar-refractivity contribution in [3.8, 4) is 0 Å². The third-order valence-electron chi connectivity index (χ3n) is 5.70. The molecule has 0 saturated carbocycles. The van der Waals surface area contributed by atoms with E-state index in [0.717, 1.165) is 0 Å². The number of sulfonamides is 1. The molecule has 4 N–H and O–H groups in total. The lowest BCUT2D eigenvalue weighted by Crippen LogP contribution is -2.70. The molecule has 1 fully saturated rings. The van der Waals surface area contributed by atoms with Gasteiger partial charge in [0.05, 0.1) is 13.0 Å². The van der Waals surface area contributed by atoms with E-state index in [0.29, 0.717) is 24.0 Å². The van der Waals surface area contributed by atoms with Gasteiger partial charge in [0.25, 0.3) is 0 Å². The number of urea groups is 1. The number of likely N-dealkylation sites (tertiary alicyclic amines) is 1. The van der Waals surface area contributed by atoms with Crippen molar-refractivity contribution in [2.75, 3.05) is 6.54 Å². The molecule has 3 amide bonds. The number of benzene rings is 2. The van der Waals surface area contributed by atoms with Gasteiger partial charge >= 0.3 is 22.0 Å². The number of piperidine rings is 1. The molecule has 0 aliphatic carbocycles. The Morgan fingerprint density at radius 2 is 1.58 bits per heavy atom. The maximum atomic E-state index is 13.6. The number of carboxylic acids is 1. The van der Waals surface area contributed by atoms with Crippen LogP contribution in [0.15, 0.2) is 59.5 Å². The molecule has 1 heterocycles. The molecule has 2 aromatic rings. The van der Waals surface area contributed by atoms with E-state index in [1.807, 2.05) is 0 Å². The van der Waals surface area contributed by atoms with Gasteiger partial charge in [-0.05, 0) is 36.1 Å². The van der Waals surface area contributed by atoms with Crippen LogP contribution in [0, 0.1) is 0 Å². The lowest BCUT2D eigenvalue weighted by atomic mass is 10.0. The molecule has 0 spiro atoms. The fraction of sp³-hybridized carbons (Fsp3) is 0.318. The Morgan fingerprint density at radius 1 is 0.939 bits per heavy atom. The van der Waals surface area contributed by atoms with Crippen molar-refractivity contribution in [1.82, 2.24) is 10.9 Å². The predicted octanol–water partition coefficient (Wildman–Crippen LogP) is 1.30. The number of rotatable bonds is 6. The minimum atomic E-state index is -4.46. The van der Waals surface area contributed by atoms with Gasteiger partial charge in [0.1, 0.15) is 11.4 Å². The number of aliphatic hydroxyl groups excluding tert-OH is 1. The van der Waals surface area contributed by atoms with Crippen LogP contribution in [0.25, 0.3) is 0 Å². The summed E-state index contributed by atoms with van der Waals surface area (Å²) in [6, 6.07) is 11.2. The molecular formula is C22H26N3O7S+. The van der Waals surface area contributed by atoms with Crippen LogP contribution in [0.1, 0.15) is 30.4 Å². The summed E-state index contributed by atoms with van der Waals surface area (Å²) < 4.78 is 25.8. The van der Waals surface area contributed by atoms with E-state index in [1.165, 1.54) is 24.3 Å². The zero-order valence-corrected chi connectivity index (χ0v) is 18.6. The Morgan fingerprint density at radius 3 is 2.18 bits per heavy atom. The van der Waals surface area contributed by atoms with Crippen molar-refractivity contribution >= 4 is 27.9 Å². The van der Waals surface area contributed by atoms with E-state index < -0.39 is 37.9 Å². The van der Waals surface area contributed by atoms with E-state index in [9.17, 15) is 27.9 Å². The van der Waals surface area contributed by atoms with Crippen LogP contribution in [0.3, 0.4) is 0 Å². The third-order valence-corrected chi connectivity index (χ3v) is 8.03.